The Hall–Kier alpha value is -3.14. The number of nitro benzene ring substituents is 1. The number of hydrogen-bond donors (Lipinski definition) is 1. The molecule has 0 radical (unpaired) electrons. The Labute approximate surface area is 182 Å². The molecule has 0 bridgehead atoms. The van der Waals surface area contributed by atoms with E-state index in [9.17, 15) is 19.7 Å². The minimum absolute atomic E-state index is 0.0228. The molecule has 10 heteroatoms. The molecule has 0 aliphatic rings. The van der Waals surface area contributed by atoms with Crippen LogP contribution in [0.25, 0.3) is 0 Å². The summed E-state index contributed by atoms with van der Waals surface area (Å²) in [5, 5.41) is 13.5. The Kier molecular flexibility index (Phi) is 8.16. The summed E-state index contributed by atoms with van der Waals surface area (Å²) >= 11 is 3.39. The molecule has 0 aromatic heterocycles. The summed E-state index contributed by atoms with van der Waals surface area (Å²) in [6.45, 7) is 1.49. The van der Waals surface area contributed by atoms with E-state index in [0.717, 1.165) is 10.0 Å². The van der Waals surface area contributed by atoms with Crippen molar-refractivity contribution in [3.63, 3.8) is 0 Å². The lowest BCUT2D eigenvalue weighted by atomic mass is 10.1. The second-order valence-corrected chi connectivity index (χ2v) is 7.24. The van der Waals surface area contributed by atoms with Crippen molar-refractivity contribution in [1.29, 1.82) is 0 Å². The van der Waals surface area contributed by atoms with E-state index >= 15 is 0 Å². The lowest BCUT2D eigenvalue weighted by Crippen LogP contribution is -2.48. The summed E-state index contributed by atoms with van der Waals surface area (Å²) in [4.78, 5) is 36.8. The molecule has 0 heterocycles. The van der Waals surface area contributed by atoms with Crippen LogP contribution in [-0.4, -0.2) is 48.4 Å². The average Bonchev–Trinajstić information content (AvgIpc) is 2.74. The van der Waals surface area contributed by atoms with Gasteiger partial charge in [0.15, 0.2) is 6.61 Å². The highest BCUT2D eigenvalue weighted by Crippen LogP contribution is 2.30. The molecule has 0 unspecified atom stereocenters. The van der Waals surface area contributed by atoms with Gasteiger partial charge in [-0.25, -0.2) is 0 Å². The van der Waals surface area contributed by atoms with Gasteiger partial charge in [0.05, 0.1) is 12.0 Å². The number of rotatable bonds is 9. The van der Waals surface area contributed by atoms with Crippen LogP contribution in [0.3, 0.4) is 0 Å². The van der Waals surface area contributed by atoms with Crippen LogP contribution in [0, 0.1) is 10.1 Å². The molecule has 0 spiro atoms. The maximum absolute atomic E-state index is 12.9. The van der Waals surface area contributed by atoms with Crippen molar-refractivity contribution in [2.75, 3.05) is 20.8 Å². The second-order valence-electron chi connectivity index (χ2n) is 6.32. The lowest BCUT2D eigenvalue weighted by Gasteiger charge is -2.28. The monoisotopic (exact) mass is 479 g/mol. The predicted molar refractivity (Wildman–Crippen MR) is 113 cm³/mol. The van der Waals surface area contributed by atoms with Crippen LogP contribution in [0.1, 0.15) is 12.5 Å². The zero-order valence-corrected chi connectivity index (χ0v) is 18.3. The highest BCUT2D eigenvalue weighted by Gasteiger charge is 2.26. The quantitative estimate of drug-likeness (QED) is 0.437. The van der Waals surface area contributed by atoms with Gasteiger partial charge in [-0.15, -0.1) is 0 Å². The molecule has 2 amide bonds. The summed E-state index contributed by atoms with van der Waals surface area (Å²) in [5.41, 5.74) is 0.631. The van der Waals surface area contributed by atoms with Gasteiger partial charge in [0.1, 0.15) is 11.8 Å². The minimum atomic E-state index is -0.725. The largest absolute Gasteiger partial charge is 0.490 e. The van der Waals surface area contributed by atoms with E-state index in [1.54, 1.807) is 6.92 Å². The fourth-order valence-corrected chi connectivity index (χ4v) is 3.20. The van der Waals surface area contributed by atoms with Crippen LogP contribution in [0.15, 0.2) is 46.9 Å². The van der Waals surface area contributed by atoms with Gasteiger partial charge in [-0.3, -0.25) is 19.7 Å². The van der Waals surface area contributed by atoms with Gasteiger partial charge < -0.3 is 19.7 Å². The maximum atomic E-state index is 12.9. The zero-order chi connectivity index (χ0) is 22.3. The van der Waals surface area contributed by atoms with E-state index < -0.39 is 16.9 Å². The Morgan fingerprint density at radius 1 is 1.27 bits per heavy atom. The Bertz CT molecular complexity index is 937. The number of nitrogens with zero attached hydrogens (tertiary/aromatic N) is 2. The third kappa shape index (κ3) is 5.93. The average molecular weight is 480 g/mol. The topological polar surface area (TPSA) is 111 Å². The van der Waals surface area contributed by atoms with Gasteiger partial charge in [-0.2, -0.15) is 0 Å². The van der Waals surface area contributed by atoms with Crippen LogP contribution in [0.2, 0.25) is 0 Å². The molecule has 2 rings (SSSR count). The van der Waals surface area contributed by atoms with Crippen molar-refractivity contribution in [3.05, 3.63) is 62.6 Å². The first-order chi connectivity index (χ1) is 14.3. The SMILES string of the molecule is CNC(=O)[C@H](C)N(Cc1cccc(Br)c1)C(=O)COc1ccc([N+](=O)[O-])c(OC)c1. The summed E-state index contributed by atoms with van der Waals surface area (Å²) < 4.78 is 11.4. The smallest absolute Gasteiger partial charge is 0.311 e. The molecular weight excluding hydrogens is 458 g/mol. The standard InChI is InChI=1S/C20H22BrN3O6/c1-13(20(26)22-2)23(11-14-5-4-6-15(21)9-14)19(25)12-30-16-7-8-17(24(27)28)18(10-16)29-3/h4-10,13H,11-12H2,1-3H3,(H,22,26)/t13-/m0/s1. The van der Waals surface area contributed by atoms with E-state index in [-0.39, 0.29) is 36.2 Å². The number of likely N-dealkylation sites (N-methyl/N-ethyl adjacent to an activating group) is 1. The van der Waals surface area contributed by atoms with Gasteiger partial charge >= 0.3 is 5.69 Å². The van der Waals surface area contributed by atoms with E-state index in [4.69, 9.17) is 9.47 Å². The molecule has 9 nitrogen and oxygen atoms in total. The Morgan fingerprint density at radius 2 is 2.00 bits per heavy atom. The van der Waals surface area contributed by atoms with Gasteiger partial charge in [0.25, 0.3) is 5.91 Å². The van der Waals surface area contributed by atoms with Crippen LogP contribution in [-0.2, 0) is 16.1 Å². The third-order valence-corrected chi connectivity index (χ3v) is 4.86. The third-order valence-electron chi connectivity index (χ3n) is 4.37. The van der Waals surface area contributed by atoms with Crippen LogP contribution in [0.5, 0.6) is 11.5 Å². The van der Waals surface area contributed by atoms with Crippen molar-refractivity contribution in [3.8, 4) is 11.5 Å². The van der Waals surface area contributed by atoms with Crippen molar-refractivity contribution < 1.29 is 24.0 Å². The maximum Gasteiger partial charge on any atom is 0.311 e. The number of methoxy groups -OCH3 is 1. The molecule has 1 N–H and O–H groups in total. The van der Waals surface area contributed by atoms with Crippen LogP contribution < -0.4 is 14.8 Å². The molecule has 2 aromatic rings. The number of benzene rings is 2. The number of nitrogens with one attached hydrogen (secondary N) is 1. The van der Waals surface area contributed by atoms with E-state index in [0.29, 0.717) is 0 Å². The molecule has 0 saturated carbocycles. The fraction of sp³-hybridized carbons (Fsp3) is 0.300. The van der Waals surface area contributed by atoms with Crippen molar-refractivity contribution in [2.24, 2.45) is 0 Å². The molecule has 0 aliphatic heterocycles. The molecule has 30 heavy (non-hydrogen) atoms. The highest BCUT2D eigenvalue weighted by molar-refractivity contribution is 9.10. The number of ether oxygens (including phenoxy) is 2. The molecule has 160 valence electrons. The normalized spacial score (nSPS) is 11.3. The number of carbonyl (C=O) groups is 2. The fourth-order valence-electron chi connectivity index (χ4n) is 2.75. The summed E-state index contributed by atoms with van der Waals surface area (Å²) in [6.07, 6.45) is 0. The van der Waals surface area contributed by atoms with Gasteiger partial charge in [0, 0.05) is 30.2 Å². The van der Waals surface area contributed by atoms with Crippen molar-refractivity contribution in [1.82, 2.24) is 10.2 Å². The number of amides is 2. The lowest BCUT2D eigenvalue weighted by molar-refractivity contribution is -0.385. The van der Waals surface area contributed by atoms with E-state index in [1.807, 2.05) is 24.3 Å². The molecule has 0 aliphatic carbocycles. The van der Waals surface area contributed by atoms with Crippen LogP contribution >= 0.6 is 15.9 Å². The first-order valence-electron chi connectivity index (χ1n) is 8.97. The predicted octanol–water partition coefficient (Wildman–Crippen LogP) is 2.91. The van der Waals surface area contributed by atoms with Gasteiger partial charge in [-0.1, -0.05) is 28.1 Å². The first-order valence-corrected chi connectivity index (χ1v) is 9.76. The Morgan fingerprint density at radius 3 is 2.60 bits per heavy atom. The van der Waals surface area contributed by atoms with Crippen molar-refractivity contribution in [2.45, 2.75) is 19.5 Å². The second kappa shape index (κ2) is 10.6. The zero-order valence-electron chi connectivity index (χ0n) is 16.8. The molecular formula is C20H22BrN3O6. The Balaban J connectivity index is 2.17. The molecule has 0 saturated heterocycles. The molecule has 2 aromatic carbocycles. The summed E-state index contributed by atoms with van der Waals surface area (Å²) in [6, 6.07) is 10.7. The molecule has 1 atom stereocenters. The minimum Gasteiger partial charge on any atom is -0.490 e. The number of carbonyl (C=O) groups excluding carboxylic acids is 2. The van der Waals surface area contributed by atoms with Gasteiger partial charge in [-0.05, 0) is 30.7 Å². The summed E-state index contributed by atoms with van der Waals surface area (Å²) in [7, 11) is 2.81. The molecule has 0 fully saturated rings. The van der Waals surface area contributed by atoms with Crippen LogP contribution in [0.4, 0.5) is 5.69 Å². The van der Waals surface area contributed by atoms with E-state index in [2.05, 4.69) is 21.2 Å². The van der Waals surface area contributed by atoms with E-state index in [1.165, 1.54) is 37.3 Å². The first kappa shape index (κ1) is 23.1. The summed E-state index contributed by atoms with van der Waals surface area (Å²) in [5.74, 6) is -0.464. The number of hydrogen-bond acceptors (Lipinski definition) is 6. The number of nitro groups is 1. The number of halogens is 1. The highest BCUT2D eigenvalue weighted by atomic mass is 79.9. The van der Waals surface area contributed by atoms with Crippen molar-refractivity contribution >= 4 is 33.4 Å². The van der Waals surface area contributed by atoms with Gasteiger partial charge in [0.2, 0.25) is 11.7 Å².